The molecule has 0 aliphatic carbocycles. The molecule has 20 heavy (non-hydrogen) atoms. The van der Waals surface area contributed by atoms with Crippen molar-refractivity contribution in [2.75, 3.05) is 18.5 Å². The first-order valence-corrected chi connectivity index (χ1v) is 8.38. The summed E-state index contributed by atoms with van der Waals surface area (Å²) in [5.74, 6) is 0. The van der Waals surface area contributed by atoms with Crippen molar-refractivity contribution in [3.05, 3.63) is 44.3 Å². The van der Waals surface area contributed by atoms with Gasteiger partial charge in [-0.1, -0.05) is 22.9 Å². The molecule has 0 spiro atoms. The van der Waals surface area contributed by atoms with E-state index in [2.05, 4.69) is 70.2 Å². The summed E-state index contributed by atoms with van der Waals surface area (Å²) in [4.78, 5) is 7.94. The van der Waals surface area contributed by atoms with E-state index in [0.29, 0.717) is 0 Å². The van der Waals surface area contributed by atoms with E-state index in [-0.39, 0.29) is 0 Å². The first-order chi connectivity index (χ1) is 9.61. The number of rotatable bonds is 6. The van der Waals surface area contributed by atoms with E-state index >= 15 is 0 Å². The molecule has 0 saturated heterocycles. The third-order valence-corrected chi connectivity index (χ3v) is 4.66. The van der Waals surface area contributed by atoms with Gasteiger partial charge >= 0.3 is 0 Å². The Balaban J connectivity index is 2.20. The summed E-state index contributed by atoms with van der Waals surface area (Å²) in [7, 11) is 2.14. The summed E-state index contributed by atoms with van der Waals surface area (Å²) in [6.07, 6.45) is 0. The van der Waals surface area contributed by atoms with Gasteiger partial charge in [-0.2, -0.15) is 0 Å². The molecule has 1 aromatic carbocycles. The molecular weight excluding hydrogens is 334 g/mol. The zero-order valence-corrected chi connectivity index (χ0v) is 14.5. The van der Waals surface area contributed by atoms with Gasteiger partial charge in [0.2, 0.25) is 0 Å². The number of nitrogens with one attached hydrogen (secondary N) is 1. The smallest absolute Gasteiger partial charge is 0.0798 e. The fraction of sp³-hybridized carbons (Fsp3) is 0.400. The topological polar surface area (TPSA) is 28.2 Å². The van der Waals surface area contributed by atoms with E-state index in [1.54, 1.807) is 11.3 Å². The minimum absolute atomic E-state index is 0.886. The molecule has 0 atom stereocenters. The van der Waals surface area contributed by atoms with E-state index in [9.17, 15) is 0 Å². The average molecular weight is 354 g/mol. The van der Waals surface area contributed by atoms with Crippen LogP contribution in [0.2, 0.25) is 0 Å². The van der Waals surface area contributed by atoms with Crippen molar-refractivity contribution in [3.8, 4) is 0 Å². The number of aromatic nitrogens is 1. The fourth-order valence-electron chi connectivity index (χ4n) is 2.11. The summed E-state index contributed by atoms with van der Waals surface area (Å²) in [5, 5.41) is 3.40. The number of thiazole rings is 1. The molecule has 0 bridgehead atoms. The Hall–Kier alpha value is -0.910. The first kappa shape index (κ1) is 15.5. The zero-order chi connectivity index (χ0) is 14.5. The van der Waals surface area contributed by atoms with Gasteiger partial charge < -0.3 is 10.2 Å². The van der Waals surface area contributed by atoms with Gasteiger partial charge in [-0.15, -0.1) is 11.3 Å². The van der Waals surface area contributed by atoms with Crippen LogP contribution in [0.5, 0.6) is 0 Å². The molecule has 0 saturated carbocycles. The van der Waals surface area contributed by atoms with E-state index in [0.717, 1.165) is 29.8 Å². The minimum atomic E-state index is 0.886. The van der Waals surface area contributed by atoms with Crippen molar-refractivity contribution in [1.29, 1.82) is 0 Å². The van der Waals surface area contributed by atoms with Gasteiger partial charge in [-0.05, 0) is 37.2 Å². The Labute approximate surface area is 133 Å². The molecule has 3 nitrogen and oxygen atoms in total. The molecule has 1 aromatic heterocycles. The van der Waals surface area contributed by atoms with E-state index in [4.69, 9.17) is 0 Å². The van der Waals surface area contributed by atoms with Crippen LogP contribution in [0.1, 0.15) is 23.1 Å². The van der Waals surface area contributed by atoms with Gasteiger partial charge in [-0.25, -0.2) is 4.98 Å². The third-order valence-electron chi connectivity index (χ3n) is 3.24. The molecule has 0 radical (unpaired) electrons. The molecule has 1 N–H and O–H groups in total. The zero-order valence-electron chi connectivity index (χ0n) is 12.1. The maximum Gasteiger partial charge on any atom is 0.0798 e. The molecule has 0 aliphatic rings. The van der Waals surface area contributed by atoms with Crippen molar-refractivity contribution in [3.63, 3.8) is 0 Å². The van der Waals surface area contributed by atoms with Crippen LogP contribution < -0.4 is 10.2 Å². The highest BCUT2D eigenvalue weighted by molar-refractivity contribution is 9.10. The van der Waals surface area contributed by atoms with Gasteiger partial charge in [0.05, 0.1) is 17.7 Å². The predicted molar refractivity (Wildman–Crippen MR) is 90.5 cm³/mol. The van der Waals surface area contributed by atoms with E-state index in [1.807, 2.05) is 5.51 Å². The second kappa shape index (κ2) is 7.20. The molecule has 2 aromatic rings. The molecule has 1 heterocycles. The summed E-state index contributed by atoms with van der Waals surface area (Å²) in [5.41, 5.74) is 5.62. The summed E-state index contributed by atoms with van der Waals surface area (Å²) >= 11 is 5.28. The van der Waals surface area contributed by atoms with Gasteiger partial charge in [0.15, 0.2) is 0 Å². The summed E-state index contributed by atoms with van der Waals surface area (Å²) in [6, 6.07) is 6.46. The number of aryl methyl sites for hydroxylation is 1. The Morgan fingerprint density at radius 2 is 2.20 bits per heavy atom. The van der Waals surface area contributed by atoms with Crippen molar-refractivity contribution >= 4 is 33.0 Å². The lowest BCUT2D eigenvalue weighted by Gasteiger charge is -2.22. The Bertz CT molecular complexity index is 568. The molecule has 5 heteroatoms. The second-order valence-electron chi connectivity index (χ2n) is 4.77. The number of nitrogens with zero attached hydrogens (tertiary/aromatic N) is 2. The fourth-order valence-corrected chi connectivity index (χ4v) is 3.34. The number of halogens is 1. The van der Waals surface area contributed by atoms with Crippen LogP contribution in [0.25, 0.3) is 0 Å². The lowest BCUT2D eigenvalue weighted by molar-refractivity contribution is 0.723. The van der Waals surface area contributed by atoms with Crippen LogP contribution in [-0.2, 0) is 13.1 Å². The van der Waals surface area contributed by atoms with Gasteiger partial charge in [0.25, 0.3) is 0 Å². The maximum atomic E-state index is 4.32. The van der Waals surface area contributed by atoms with Crippen LogP contribution in [-0.4, -0.2) is 18.6 Å². The second-order valence-corrected chi connectivity index (χ2v) is 6.63. The van der Waals surface area contributed by atoms with E-state index < -0.39 is 0 Å². The monoisotopic (exact) mass is 353 g/mol. The van der Waals surface area contributed by atoms with Crippen LogP contribution >= 0.6 is 27.3 Å². The molecule has 2 rings (SSSR count). The molecular formula is C15H20BrN3S. The Morgan fingerprint density at radius 3 is 2.85 bits per heavy atom. The quantitative estimate of drug-likeness (QED) is 0.851. The van der Waals surface area contributed by atoms with Gasteiger partial charge in [0.1, 0.15) is 0 Å². The number of hydrogen-bond acceptors (Lipinski definition) is 4. The maximum absolute atomic E-state index is 4.32. The van der Waals surface area contributed by atoms with E-state index in [1.165, 1.54) is 16.1 Å². The third kappa shape index (κ3) is 3.81. The Kier molecular flexibility index (Phi) is 5.57. The molecule has 0 fully saturated rings. The number of hydrogen-bond donors (Lipinski definition) is 1. The van der Waals surface area contributed by atoms with Gasteiger partial charge in [0, 0.05) is 28.6 Å². The molecule has 0 amide bonds. The van der Waals surface area contributed by atoms with Crippen LogP contribution in [0.4, 0.5) is 5.69 Å². The Morgan fingerprint density at radius 1 is 1.40 bits per heavy atom. The largest absolute Gasteiger partial charge is 0.369 e. The van der Waals surface area contributed by atoms with Crippen molar-refractivity contribution < 1.29 is 0 Å². The highest BCUT2D eigenvalue weighted by atomic mass is 79.9. The van der Waals surface area contributed by atoms with Crippen molar-refractivity contribution in [2.45, 2.75) is 26.9 Å². The molecule has 0 aliphatic heterocycles. The summed E-state index contributed by atoms with van der Waals surface area (Å²) < 4.78 is 1.12. The van der Waals surface area contributed by atoms with Crippen LogP contribution in [0.3, 0.4) is 0 Å². The van der Waals surface area contributed by atoms with Crippen LogP contribution in [0.15, 0.2) is 28.2 Å². The summed E-state index contributed by atoms with van der Waals surface area (Å²) in [6.45, 7) is 6.96. The minimum Gasteiger partial charge on any atom is -0.369 e. The van der Waals surface area contributed by atoms with Gasteiger partial charge in [-0.3, -0.25) is 0 Å². The number of benzene rings is 1. The standard InChI is InChI=1S/C15H20BrN3S/c1-4-17-8-12-7-13(16)5-6-14(12)19(3)9-15-11(2)18-10-20-15/h5-7,10,17H,4,8-9H2,1-3H3. The normalized spacial score (nSPS) is 10.8. The SMILES string of the molecule is CCNCc1cc(Br)ccc1N(C)Cc1scnc1C. The first-order valence-electron chi connectivity index (χ1n) is 6.71. The van der Waals surface area contributed by atoms with Crippen LogP contribution in [0, 0.1) is 6.92 Å². The molecule has 108 valence electrons. The number of anilines is 1. The lowest BCUT2D eigenvalue weighted by atomic mass is 10.1. The highest BCUT2D eigenvalue weighted by Gasteiger charge is 2.11. The van der Waals surface area contributed by atoms with Crippen molar-refractivity contribution in [2.24, 2.45) is 0 Å². The predicted octanol–water partition coefficient (Wildman–Crippen LogP) is 3.96. The lowest BCUT2D eigenvalue weighted by Crippen LogP contribution is -2.20. The van der Waals surface area contributed by atoms with Crippen molar-refractivity contribution in [1.82, 2.24) is 10.3 Å². The molecule has 0 unspecified atom stereocenters. The average Bonchev–Trinajstić information content (AvgIpc) is 2.82. The highest BCUT2D eigenvalue weighted by Crippen LogP contribution is 2.26.